The first-order valence-corrected chi connectivity index (χ1v) is 7.23. The normalized spacial score (nSPS) is 25.7. The molecule has 3 N–H and O–H groups in total. The first-order chi connectivity index (χ1) is 9.28. The van der Waals surface area contributed by atoms with Gasteiger partial charge < -0.3 is 11.1 Å². The van der Waals surface area contributed by atoms with Crippen LogP contribution in [-0.2, 0) is 12.8 Å². The summed E-state index contributed by atoms with van der Waals surface area (Å²) in [6, 6.07) is 4.70. The Hall–Kier alpha value is -1.60. The number of hydrogen-bond acceptors (Lipinski definition) is 4. The van der Waals surface area contributed by atoms with E-state index < -0.39 is 0 Å². The van der Waals surface area contributed by atoms with Crippen molar-refractivity contribution in [2.24, 2.45) is 5.73 Å². The molecule has 1 saturated carbocycles. The average molecular weight is 256 g/mol. The largest absolute Gasteiger partial charge is 0.365 e. The van der Waals surface area contributed by atoms with Crippen LogP contribution in [0.3, 0.4) is 0 Å². The standard InChI is InChI=1S/C15H20N4/c16-9-11-8-10-4-3-7-13(10)18-15(11)19-14-6-2-1-5-12(14)17/h8,12,14H,1-7,17H2,(H,18,19). The second-order valence-electron chi connectivity index (χ2n) is 5.65. The van der Waals surface area contributed by atoms with E-state index in [1.54, 1.807) is 0 Å². The van der Waals surface area contributed by atoms with E-state index in [0.717, 1.165) is 43.6 Å². The third kappa shape index (κ3) is 2.43. The Labute approximate surface area is 114 Å². The van der Waals surface area contributed by atoms with Gasteiger partial charge >= 0.3 is 0 Å². The maximum Gasteiger partial charge on any atom is 0.144 e. The van der Waals surface area contributed by atoms with Crippen LogP contribution in [0.1, 0.15) is 48.9 Å². The molecule has 0 aromatic carbocycles. The van der Waals surface area contributed by atoms with Gasteiger partial charge in [-0.2, -0.15) is 5.26 Å². The van der Waals surface area contributed by atoms with Crippen LogP contribution in [0.4, 0.5) is 5.82 Å². The summed E-state index contributed by atoms with van der Waals surface area (Å²) in [5.41, 5.74) is 9.23. The van der Waals surface area contributed by atoms with Crippen molar-refractivity contribution in [1.82, 2.24) is 4.98 Å². The number of aromatic nitrogens is 1. The van der Waals surface area contributed by atoms with Gasteiger partial charge in [-0.05, 0) is 43.7 Å². The molecule has 2 aliphatic carbocycles. The fraction of sp³-hybridized carbons (Fsp3) is 0.600. The lowest BCUT2D eigenvalue weighted by Gasteiger charge is -2.30. The Kier molecular flexibility index (Phi) is 3.39. The lowest BCUT2D eigenvalue weighted by Crippen LogP contribution is -2.43. The third-order valence-electron chi connectivity index (χ3n) is 4.31. The predicted molar refractivity (Wildman–Crippen MR) is 74.8 cm³/mol. The zero-order chi connectivity index (χ0) is 13.2. The quantitative estimate of drug-likeness (QED) is 0.850. The highest BCUT2D eigenvalue weighted by Gasteiger charge is 2.24. The molecule has 4 nitrogen and oxygen atoms in total. The molecule has 1 fully saturated rings. The number of hydrogen-bond donors (Lipinski definition) is 2. The van der Waals surface area contributed by atoms with Crippen LogP contribution in [0.5, 0.6) is 0 Å². The maximum absolute atomic E-state index is 9.28. The minimum atomic E-state index is 0.176. The Morgan fingerprint density at radius 2 is 2.11 bits per heavy atom. The Bertz CT molecular complexity index is 518. The fourth-order valence-corrected chi connectivity index (χ4v) is 3.18. The smallest absolute Gasteiger partial charge is 0.144 e. The summed E-state index contributed by atoms with van der Waals surface area (Å²) in [7, 11) is 0. The van der Waals surface area contributed by atoms with Crippen molar-refractivity contribution in [3.05, 3.63) is 22.9 Å². The van der Waals surface area contributed by atoms with Gasteiger partial charge in [-0.25, -0.2) is 4.98 Å². The van der Waals surface area contributed by atoms with E-state index in [-0.39, 0.29) is 12.1 Å². The summed E-state index contributed by atoms with van der Waals surface area (Å²) < 4.78 is 0. The lowest BCUT2D eigenvalue weighted by atomic mass is 9.91. The van der Waals surface area contributed by atoms with E-state index in [4.69, 9.17) is 5.73 Å². The minimum absolute atomic E-state index is 0.176. The monoisotopic (exact) mass is 256 g/mol. The van der Waals surface area contributed by atoms with Crippen molar-refractivity contribution in [2.75, 3.05) is 5.32 Å². The molecule has 0 bridgehead atoms. The molecule has 0 saturated heterocycles. The Balaban J connectivity index is 1.85. The summed E-state index contributed by atoms with van der Waals surface area (Å²) in [6.45, 7) is 0. The third-order valence-corrected chi connectivity index (χ3v) is 4.31. The van der Waals surface area contributed by atoms with Crippen LogP contribution in [0.2, 0.25) is 0 Å². The number of rotatable bonds is 2. The van der Waals surface area contributed by atoms with Crippen LogP contribution < -0.4 is 11.1 Å². The highest BCUT2D eigenvalue weighted by atomic mass is 15.0. The van der Waals surface area contributed by atoms with E-state index in [9.17, 15) is 5.26 Å². The molecule has 4 heteroatoms. The second kappa shape index (κ2) is 5.18. The van der Waals surface area contributed by atoms with Gasteiger partial charge in [-0.1, -0.05) is 12.8 Å². The zero-order valence-corrected chi connectivity index (χ0v) is 11.2. The summed E-state index contributed by atoms with van der Waals surface area (Å²) in [6.07, 6.45) is 7.79. The van der Waals surface area contributed by atoms with Crippen LogP contribution in [0.15, 0.2) is 6.07 Å². The molecule has 19 heavy (non-hydrogen) atoms. The van der Waals surface area contributed by atoms with Crippen molar-refractivity contribution >= 4 is 5.82 Å². The summed E-state index contributed by atoms with van der Waals surface area (Å²) in [4.78, 5) is 4.66. The van der Waals surface area contributed by atoms with Gasteiger partial charge in [0.25, 0.3) is 0 Å². The van der Waals surface area contributed by atoms with Gasteiger partial charge in [-0.3, -0.25) is 0 Å². The molecule has 3 rings (SSSR count). The van der Waals surface area contributed by atoms with E-state index in [1.807, 2.05) is 6.07 Å². The molecule has 1 heterocycles. The van der Waals surface area contributed by atoms with Crippen LogP contribution in [-0.4, -0.2) is 17.1 Å². The Morgan fingerprint density at radius 3 is 2.89 bits per heavy atom. The summed E-state index contributed by atoms with van der Waals surface area (Å²) in [5.74, 6) is 0.741. The summed E-state index contributed by atoms with van der Waals surface area (Å²) in [5, 5.41) is 12.7. The molecule has 100 valence electrons. The van der Waals surface area contributed by atoms with Crippen LogP contribution >= 0.6 is 0 Å². The topological polar surface area (TPSA) is 74.7 Å². The van der Waals surface area contributed by atoms with Gasteiger partial charge in [0.05, 0.1) is 5.56 Å². The summed E-state index contributed by atoms with van der Waals surface area (Å²) >= 11 is 0. The maximum atomic E-state index is 9.28. The van der Waals surface area contributed by atoms with Crippen molar-refractivity contribution in [1.29, 1.82) is 5.26 Å². The van der Waals surface area contributed by atoms with Crippen molar-refractivity contribution in [3.63, 3.8) is 0 Å². The number of nitriles is 1. The molecule has 1 aromatic heterocycles. The van der Waals surface area contributed by atoms with Crippen molar-refractivity contribution < 1.29 is 0 Å². The molecule has 0 spiro atoms. The molecule has 0 aliphatic heterocycles. The van der Waals surface area contributed by atoms with Crippen molar-refractivity contribution in [2.45, 2.75) is 57.0 Å². The zero-order valence-electron chi connectivity index (χ0n) is 11.2. The number of aryl methyl sites for hydroxylation is 2. The first-order valence-electron chi connectivity index (χ1n) is 7.23. The van der Waals surface area contributed by atoms with Gasteiger partial charge in [0.1, 0.15) is 11.9 Å². The molecular weight excluding hydrogens is 236 g/mol. The Morgan fingerprint density at radius 1 is 1.26 bits per heavy atom. The van der Waals surface area contributed by atoms with E-state index in [2.05, 4.69) is 16.4 Å². The van der Waals surface area contributed by atoms with Gasteiger partial charge in [0.15, 0.2) is 0 Å². The van der Waals surface area contributed by atoms with E-state index in [0.29, 0.717) is 5.56 Å². The van der Waals surface area contributed by atoms with Gasteiger partial charge in [0, 0.05) is 17.8 Å². The SMILES string of the molecule is N#Cc1cc2c(nc1NC1CCCCC1N)CCC2. The van der Waals surface area contributed by atoms with Crippen molar-refractivity contribution in [3.8, 4) is 6.07 Å². The van der Waals surface area contributed by atoms with Crippen LogP contribution in [0, 0.1) is 11.3 Å². The number of nitrogens with one attached hydrogen (secondary N) is 1. The number of nitrogens with zero attached hydrogens (tertiary/aromatic N) is 2. The van der Waals surface area contributed by atoms with Crippen LogP contribution in [0.25, 0.3) is 0 Å². The van der Waals surface area contributed by atoms with Gasteiger partial charge in [0.2, 0.25) is 0 Å². The number of fused-ring (bicyclic) bond motifs is 1. The first kappa shape index (κ1) is 12.4. The highest BCUT2D eigenvalue weighted by molar-refractivity contribution is 5.55. The molecule has 2 unspecified atom stereocenters. The molecule has 2 aliphatic rings. The second-order valence-corrected chi connectivity index (χ2v) is 5.65. The lowest BCUT2D eigenvalue weighted by molar-refractivity contribution is 0.403. The molecular formula is C15H20N4. The number of pyridine rings is 1. The van der Waals surface area contributed by atoms with E-state index >= 15 is 0 Å². The van der Waals surface area contributed by atoms with Gasteiger partial charge in [-0.15, -0.1) is 0 Å². The molecule has 2 atom stereocenters. The fourth-order valence-electron chi connectivity index (χ4n) is 3.18. The molecule has 0 amide bonds. The number of nitrogens with two attached hydrogens (primary N) is 1. The molecule has 1 aromatic rings. The average Bonchev–Trinajstić information content (AvgIpc) is 2.87. The predicted octanol–water partition coefficient (Wildman–Crippen LogP) is 2.12. The van der Waals surface area contributed by atoms with E-state index in [1.165, 1.54) is 18.4 Å². The minimum Gasteiger partial charge on any atom is -0.365 e. The number of anilines is 1. The molecule has 0 radical (unpaired) electrons. The highest BCUT2D eigenvalue weighted by Crippen LogP contribution is 2.27.